The topological polar surface area (TPSA) is 65.4 Å². The van der Waals surface area contributed by atoms with Crippen LogP contribution in [0, 0.1) is 13.8 Å². The number of fused-ring (bicyclic) bond motifs is 1. The first-order valence-electron chi connectivity index (χ1n) is 11.1. The number of imidazole rings is 1. The molecule has 3 aromatic carbocycles. The van der Waals surface area contributed by atoms with Crippen molar-refractivity contribution in [1.82, 2.24) is 14.9 Å². The molecule has 4 aromatic rings. The zero-order chi connectivity index (χ0) is 23.2. The summed E-state index contributed by atoms with van der Waals surface area (Å²) in [6.07, 6.45) is 0.629. The van der Waals surface area contributed by atoms with E-state index in [1.165, 1.54) is 0 Å². The Hall–Kier alpha value is -3.80. The maximum atomic E-state index is 12.6. The number of amides is 1. The van der Waals surface area contributed by atoms with Gasteiger partial charge in [-0.2, -0.15) is 0 Å². The van der Waals surface area contributed by atoms with Crippen molar-refractivity contribution in [3.63, 3.8) is 0 Å². The maximum Gasteiger partial charge on any atom is 0.251 e. The molecule has 1 amide bonds. The van der Waals surface area contributed by atoms with Gasteiger partial charge in [0.1, 0.15) is 23.9 Å². The predicted molar refractivity (Wildman–Crippen MR) is 130 cm³/mol. The van der Waals surface area contributed by atoms with E-state index in [0.717, 1.165) is 39.5 Å². The van der Waals surface area contributed by atoms with Gasteiger partial charge in [-0.05, 0) is 49.7 Å². The fraction of sp³-hybridized carbons (Fsp3) is 0.259. The van der Waals surface area contributed by atoms with Crippen LogP contribution in [0.15, 0.2) is 66.7 Å². The van der Waals surface area contributed by atoms with E-state index in [2.05, 4.69) is 16.0 Å². The third kappa shape index (κ3) is 5.34. The van der Waals surface area contributed by atoms with Crippen LogP contribution in [0.4, 0.5) is 0 Å². The molecule has 170 valence electrons. The number of nitrogens with one attached hydrogen (secondary N) is 1. The standard InChI is InChI=1S/C27H29N3O3/c1-19-11-12-23(20(2)17-19)27(31)28-14-13-26-29-24-9-4-5-10-25(24)30(26)15-16-33-22-8-6-7-21(18-22)32-3/h4-12,17-18H,13-16H2,1-3H3,(H,28,31). The lowest BCUT2D eigenvalue weighted by Crippen LogP contribution is -2.27. The smallest absolute Gasteiger partial charge is 0.251 e. The predicted octanol–water partition coefficient (Wildman–Crippen LogP) is 4.71. The maximum absolute atomic E-state index is 12.6. The fourth-order valence-corrected chi connectivity index (χ4v) is 3.96. The Balaban J connectivity index is 1.42. The van der Waals surface area contributed by atoms with E-state index >= 15 is 0 Å². The lowest BCUT2D eigenvalue weighted by molar-refractivity contribution is 0.0953. The highest BCUT2D eigenvalue weighted by Crippen LogP contribution is 2.20. The second-order valence-electron chi connectivity index (χ2n) is 8.02. The van der Waals surface area contributed by atoms with Gasteiger partial charge in [0.15, 0.2) is 0 Å². The van der Waals surface area contributed by atoms with Crippen LogP contribution >= 0.6 is 0 Å². The lowest BCUT2D eigenvalue weighted by atomic mass is 10.1. The SMILES string of the molecule is COc1cccc(OCCn2c(CCNC(=O)c3ccc(C)cc3C)nc3ccccc32)c1. The van der Waals surface area contributed by atoms with Crippen LogP contribution in [0.5, 0.6) is 11.5 Å². The van der Waals surface area contributed by atoms with Crippen molar-refractivity contribution in [1.29, 1.82) is 0 Å². The van der Waals surface area contributed by atoms with E-state index in [1.54, 1.807) is 7.11 Å². The van der Waals surface area contributed by atoms with Crippen molar-refractivity contribution < 1.29 is 14.3 Å². The third-order valence-corrected chi connectivity index (χ3v) is 5.62. The second-order valence-corrected chi connectivity index (χ2v) is 8.02. The molecule has 1 N–H and O–H groups in total. The molecule has 0 aliphatic rings. The van der Waals surface area contributed by atoms with E-state index in [1.807, 2.05) is 74.5 Å². The molecule has 33 heavy (non-hydrogen) atoms. The quantitative estimate of drug-likeness (QED) is 0.407. The highest BCUT2D eigenvalue weighted by molar-refractivity contribution is 5.95. The molecule has 4 rings (SSSR count). The van der Waals surface area contributed by atoms with Gasteiger partial charge in [0.2, 0.25) is 0 Å². The molecule has 6 nitrogen and oxygen atoms in total. The number of aromatic nitrogens is 2. The largest absolute Gasteiger partial charge is 0.497 e. The minimum Gasteiger partial charge on any atom is -0.497 e. The number of methoxy groups -OCH3 is 1. The van der Waals surface area contributed by atoms with Crippen molar-refractivity contribution in [2.24, 2.45) is 0 Å². The Kier molecular flexibility index (Phi) is 6.93. The highest BCUT2D eigenvalue weighted by atomic mass is 16.5. The third-order valence-electron chi connectivity index (χ3n) is 5.62. The van der Waals surface area contributed by atoms with Gasteiger partial charge in [-0.1, -0.05) is 35.9 Å². The number of para-hydroxylation sites is 2. The number of carbonyl (C=O) groups excluding carboxylic acids is 1. The number of hydrogen-bond donors (Lipinski definition) is 1. The molecule has 0 aliphatic heterocycles. The van der Waals surface area contributed by atoms with Gasteiger partial charge in [0.25, 0.3) is 5.91 Å². The van der Waals surface area contributed by atoms with Crippen LogP contribution in [0.3, 0.4) is 0 Å². The van der Waals surface area contributed by atoms with Gasteiger partial charge < -0.3 is 19.4 Å². The molecule has 0 radical (unpaired) electrons. The summed E-state index contributed by atoms with van der Waals surface area (Å²) in [6, 6.07) is 21.5. The number of benzene rings is 3. The molecule has 0 saturated heterocycles. The van der Waals surface area contributed by atoms with Crippen molar-refractivity contribution in [3.8, 4) is 11.5 Å². The minimum absolute atomic E-state index is 0.0588. The van der Waals surface area contributed by atoms with E-state index < -0.39 is 0 Å². The number of ether oxygens (including phenoxy) is 2. The van der Waals surface area contributed by atoms with E-state index in [-0.39, 0.29) is 5.91 Å². The number of rotatable bonds is 9. The van der Waals surface area contributed by atoms with Gasteiger partial charge in [0.05, 0.1) is 24.7 Å². The summed E-state index contributed by atoms with van der Waals surface area (Å²) in [4.78, 5) is 17.4. The zero-order valence-electron chi connectivity index (χ0n) is 19.3. The van der Waals surface area contributed by atoms with Crippen LogP contribution in [-0.2, 0) is 13.0 Å². The molecular formula is C27H29N3O3. The molecule has 0 atom stereocenters. The van der Waals surface area contributed by atoms with Gasteiger partial charge in [-0.15, -0.1) is 0 Å². The normalized spacial score (nSPS) is 10.9. The summed E-state index contributed by atoms with van der Waals surface area (Å²) in [5, 5.41) is 3.04. The molecule has 1 aromatic heterocycles. The Morgan fingerprint density at radius 1 is 1.00 bits per heavy atom. The monoisotopic (exact) mass is 443 g/mol. The van der Waals surface area contributed by atoms with Crippen molar-refractivity contribution in [2.45, 2.75) is 26.8 Å². The average Bonchev–Trinajstić information content (AvgIpc) is 3.16. The molecular weight excluding hydrogens is 414 g/mol. The first-order chi connectivity index (χ1) is 16.0. The van der Waals surface area contributed by atoms with Crippen LogP contribution < -0.4 is 14.8 Å². The first kappa shape index (κ1) is 22.4. The van der Waals surface area contributed by atoms with Gasteiger partial charge in [-0.3, -0.25) is 4.79 Å². The summed E-state index contributed by atoms with van der Waals surface area (Å²) in [5.41, 5.74) is 4.83. The number of hydrogen-bond acceptors (Lipinski definition) is 4. The molecule has 0 bridgehead atoms. The zero-order valence-corrected chi connectivity index (χ0v) is 19.3. The van der Waals surface area contributed by atoms with Gasteiger partial charge >= 0.3 is 0 Å². The van der Waals surface area contributed by atoms with Crippen molar-refractivity contribution in [2.75, 3.05) is 20.3 Å². The van der Waals surface area contributed by atoms with E-state index in [0.29, 0.717) is 31.7 Å². The van der Waals surface area contributed by atoms with Crippen LogP contribution in [-0.4, -0.2) is 35.7 Å². The number of nitrogens with zero attached hydrogens (tertiary/aromatic N) is 2. The molecule has 0 fully saturated rings. The molecule has 6 heteroatoms. The van der Waals surface area contributed by atoms with Gasteiger partial charge in [-0.25, -0.2) is 4.98 Å². The first-order valence-corrected chi connectivity index (χ1v) is 11.1. The average molecular weight is 444 g/mol. The summed E-state index contributed by atoms with van der Waals surface area (Å²) in [6.45, 7) is 5.64. The van der Waals surface area contributed by atoms with Crippen LogP contribution in [0.25, 0.3) is 11.0 Å². The molecule has 1 heterocycles. The van der Waals surface area contributed by atoms with Crippen molar-refractivity contribution in [3.05, 3.63) is 89.2 Å². The second kappa shape index (κ2) is 10.2. The fourth-order valence-electron chi connectivity index (χ4n) is 3.96. The van der Waals surface area contributed by atoms with Crippen LogP contribution in [0.2, 0.25) is 0 Å². The number of aryl methyl sites for hydroxylation is 2. The number of carbonyl (C=O) groups is 1. The van der Waals surface area contributed by atoms with Crippen molar-refractivity contribution >= 4 is 16.9 Å². The highest BCUT2D eigenvalue weighted by Gasteiger charge is 2.13. The Morgan fingerprint density at radius 2 is 1.82 bits per heavy atom. The Morgan fingerprint density at radius 3 is 2.64 bits per heavy atom. The summed E-state index contributed by atoms with van der Waals surface area (Å²) in [7, 11) is 1.64. The van der Waals surface area contributed by atoms with E-state index in [9.17, 15) is 4.79 Å². The van der Waals surface area contributed by atoms with Gasteiger partial charge in [0, 0.05) is 24.6 Å². The minimum atomic E-state index is -0.0588. The Bertz CT molecular complexity index is 1260. The molecule has 0 spiro atoms. The Labute approximate surface area is 194 Å². The summed E-state index contributed by atoms with van der Waals surface area (Å²) >= 11 is 0. The summed E-state index contributed by atoms with van der Waals surface area (Å²) < 4.78 is 13.4. The lowest BCUT2D eigenvalue weighted by Gasteiger charge is -2.12. The molecule has 0 saturated carbocycles. The molecule has 0 aliphatic carbocycles. The molecule has 0 unspecified atom stereocenters. The summed E-state index contributed by atoms with van der Waals surface area (Å²) in [5.74, 6) is 2.39. The van der Waals surface area contributed by atoms with E-state index in [4.69, 9.17) is 14.5 Å². The van der Waals surface area contributed by atoms with Crippen LogP contribution in [0.1, 0.15) is 27.3 Å².